The van der Waals surface area contributed by atoms with Crippen molar-refractivity contribution in [3.63, 3.8) is 0 Å². The summed E-state index contributed by atoms with van der Waals surface area (Å²) < 4.78 is 5.99. The number of H-pyrrole nitrogens is 1. The Morgan fingerprint density at radius 2 is 2.12 bits per heavy atom. The lowest BCUT2D eigenvalue weighted by molar-refractivity contribution is -0.384. The molecule has 8 nitrogen and oxygen atoms in total. The molecule has 128 valence electrons. The van der Waals surface area contributed by atoms with Gasteiger partial charge < -0.3 is 14.6 Å². The van der Waals surface area contributed by atoms with Crippen LogP contribution in [-0.2, 0) is 0 Å². The Labute approximate surface area is 139 Å². The van der Waals surface area contributed by atoms with E-state index in [0.29, 0.717) is 28.4 Å². The second kappa shape index (κ2) is 6.10. The van der Waals surface area contributed by atoms with Crippen molar-refractivity contribution in [2.45, 2.75) is 39.7 Å². The van der Waals surface area contributed by atoms with E-state index >= 15 is 0 Å². The van der Waals surface area contributed by atoms with Gasteiger partial charge in [-0.2, -0.15) is 0 Å². The molecule has 0 spiro atoms. The first kappa shape index (κ1) is 16.2. The summed E-state index contributed by atoms with van der Waals surface area (Å²) in [6.45, 7) is 6.89. The summed E-state index contributed by atoms with van der Waals surface area (Å²) >= 11 is 0. The summed E-state index contributed by atoms with van der Waals surface area (Å²) in [5.74, 6) is 1.48. The Balaban J connectivity index is 1.91. The van der Waals surface area contributed by atoms with Crippen LogP contribution in [-0.4, -0.2) is 44.8 Å². The molecule has 0 aliphatic carbocycles. The number of hydrogen-bond donors (Lipinski definition) is 2. The number of amidine groups is 1. The molecular weight excluding hydrogens is 310 g/mol. The maximum absolute atomic E-state index is 11.6. The van der Waals surface area contributed by atoms with Gasteiger partial charge in [-0.1, -0.05) is 0 Å². The molecule has 1 aliphatic rings. The second-order valence-corrected chi connectivity index (χ2v) is 6.23. The highest BCUT2D eigenvalue weighted by Gasteiger charge is 2.28. The van der Waals surface area contributed by atoms with Crippen molar-refractivity contribution >= 4 is 22.6 Å². The predicted molar refractivity (Wildman–Crippen MR) is 90.8 cm³/mol. The number of benzene rings is 1. The molecule has 24 heavy (non-hydrogen) atoms. The number of ether oxygens (including phenoxy) is 1. The zero-order valence-electron chi connectivity index (χ0n) is 14.0. The van der Waals surface area contributed by atoms with Gasteiger partial charge in [0.05, 0.1) is 16.3 Å². The molecule has 1 aliphatic heterocycles. The lowest BCUT2D eigenvalue weighted by atomic mass is 10.1. The Morgan fingerprint density at radius 3 is 2.71 bits per heavy atom. The van der Waals surface area contributed by atoms with Crippen molar-refractivity contribution in [1.82, 2.24) is 14.9 Å². The van der Waals surface area contributed by atoms with Crippen LogP contribution in [0.5, 0.6) is 5.75 Å². The smallest absolute Gasteiger partial charge is 0.336 e. The largest absolute Gasteiger partial charge is 0.483 e. The number of nitrogens with one attached hydrogen (secondary N) is 2. The third-order valence-corrected chi connectivity index (χ3v) is 4.41. The lowest BCUT2D eigenvalue weighted by Gasteiger charge is -2.32. The van der Waals surface area contributed by atoms with Gasteiger partial charge in [-0.3, -0.25) is 15.5 Å². The molecule has 0 amide bonds. The number of imidazole rings is 1. The fourth-order valence-electron chi connectivity index (χ4n) is 3.16. The van der Waals surface area contributed by atoms with E-state index < -0.39 is 4.92 Å². The van der Waals surface area contributed by atoms with Crippen LogP contribution in [0.1, 0.15) is 31.2 Å². The van der Waals surface area contributed by atoms with Crippen LogP contribution in [0, 0.1) is 29.4 Å². The number of nitro benzene ring substituents is 1. The minimum atomic E-state index is -0.411. The number of hydrogen-bond acceptors (Lipinski definition) is 5. The molecule has 2 aromatic rings. The molecule has 0 unspecified atom stereocenters. The summed E-state index contributed by atoms with van der Waals surface area (Å²) in [7, 11) is 0. The zero-order chi connectivity index (χ0) is 17.4. The van der Waals surface area contributed by atoms with Crippen LogP contribution < -0.4 is 4.74 Å². The summed E-state index contributed by atoms with van der Waals surface area (Å²) in [5.41, 5.74) is 1.82. The first-order chi connectivity index (χ1) is 11.4. The van der Waals surface area contributed by atoms with E-state index in [0.717, 1.165) is 31.5 Å². The van der Waals surface area contributed by atoms with Crippen molar-refractivity contribution < 1.29 is 9.66 Å². The van der Waals surface area contributed by atoms with Crippen molar-refractivity contribution in [3.8, 4) is 5.75 Å². The molecule has 3 rings (SSSR count). The average Bonchev–Trinajstić information content (AvgIpc) is 2.89. The van der Waals surface area contributed by atoms with Gasteiger partial charge in [0, 0.05) is 25.9 Å². The fourth-order valence-corrected chi connectivity index (χ4v) is 3.16. The lowest BCUT2D eigenvalue weighted by Crippen LogP contribution is -2.40. The van der Waals surface area contributed by atoms with Crippen LogP contribution in [0.2, 0.25) is 0 Å². The van der Waals surface area contributed by atoms with Crippen LogP contribution in [0.4, 0.5) is 5.69 Å². The van der Waals surface area contributed by atoms with Gasteiger partial charge >= 0.3 is 5.69 Å². The molecule has 1 fully saturated rings. The van der Waals surface area contributed by atoms with Crippen molar-refractivity contribution in [2.75, 3.05) is 13.1 Å². The maximum atomic E-state index is 11.6. The van der Waals surface area contributed by atoms with Gasteiger partial charge in [0.25, 0.3) is 0 Å². The Hall–Kier alpha value is -2.64. The van der Waals surface area contributed by atoms with Crippen LogP contribution in [0.3, 0.4) is 0 Å². The molecule has 0 radical (unpaired) electrons. The van der Waals surface area contributed by atoms with Crippen molar-refractivity contribution in [3.05, 3.63) is 27.6 Å². The van der Waals surface area contributed by atoms with E-state index in [1.807, 2.05) is 11.8 Å². The highest BCUT2D eigenvalue weighted by Crippen LogP contribution is 2.37. The number of piperidine rings is 1. The number of aromatic amines is 1. The first-order valence-corrected chi connectivity index (χ1v) is 7.98. The van der Waals surface area contributed by atoms with E-state index in [1.54, 1.807) is 19.9 Å². The summed E-state index contributed by atoms with van der Waals surface area (Å²) in [5, 5.41) is 19.3. The van der Waals surface area contributed by atoms with Gasteiger partial charge in [0.2, 0.25) is 0 Å². The van der Waals surface area contributed by atoms with Crippen LogP contribution in [0.15, 0.2) is 6.07 Å². The number of rotatable bonds is 3. The molecule has 2 heterocycles. The predicted octanol–water partition coefficient (Wildman–Crippen LogP) is 2.93. The third kappa shape index (κ3) is 2.91. The molecule has 0 bridgehead atoms. The number of aromatic nitrogens is 2. The number of likely N-dealkylation sites (tertiary alicyclic amines) is 1. The number of fused-ring (bicyclic) bond motifs is 1. The minimum absolute atomic E-state index is 0.0538. The molecule has 1 aromatic carbocycles. The summed E-state index contributed by atoms with van der Waals surface area (Å²) in [4.78, 5) is 20.5. The molecule has 0 atom stereocenters. The number of nitro groups is 1. The Morgan fingerprint density at radius 1 is 1.46 bits per heavy atom. The number of nitrogens with zero attached hydrogens (tertiary/aromatic N) is 3. The molecule has 2 N–H and O–H groups in total. The monoisotopic (exact) mass is 331 g/mol. The quantitative estimate of drug-likeness (QED) is 0.389. The molecule has 0 saturated carbocycles. The van der Waals surface area contributed by atoms with Gasteiger partial charge in [-0.25, -0.2) is 4.98 Å². The van der Waals surface area contributed by atoms with Crippen molar-refractivity contribution in [1.29, 1.82) is 5.41 Å². The van der Waals surface area contributed by atoms with E-state index in [9.17, 15) is 10.1 Å². The third-order valence-electron chi connectivity index (χ3n) is 4.41. The SMILES string of the molecule is CC(=N)N1CCC(Oc2cc(C)c3nc(C)[nH]c3c2[N+](=O)[O-])CC1. The Kier molecular flexibility index (Phi) is 4.13. The zero-order valence-corrected chi connectivity index (χ0v) is 14.0. The van der Waals surface area contributed by atoms with E-state index in [2.05, 4.69) is 9.97 Å². The molecule has 1 aromatic heterocycles. The van der Waals surface area contributed by atoms with Crippen molar-refractivity contribution in [2.24, 2.45) is 0 Å². The fraction of sp³-hybridized carbons (Fsp3) is 0.500. The summed E-state index contributed by atoms with van der Waals surface area (Å²) in [6, 6.07) is 1.70. The highest BCUT2D eigenvalue weighted by atomic mass is 16.6. The van der Waals surface area contributed by atoms with Gasteiger partial charge in [-0.05, 0) is 32.4 Å². The minimum Gasteiger partial charge on any atom is -0.483 e. The van der Waals surface area contributed by atoms with E-state index in [4.69, 9.17) is 10.1 Å². The van der Waals surface area contributed by atoms with Crippen LogP contribution >= 0.6 is 0 Å². The topological polar surface area (TPSA) is 108 Å². The van der Waals surface area contributed by atoms with Gasteiger partial charge in [0.1, 0.15) is 17.4 Å². The maximum Gasteiger partial charge on any atom is 0.336 e. The van der Waals surface area contributed by atoms with Crippen LogP contribution in [0.25, 0.3) is 11.0 Å². The first-order valence-electron chi connectivity index (χ1n) is 7.98. The van der Waals surface area contributed by atoms with Gasteiger partial charge in [-0.15, -0.1) is 0 Å². The molecule has 8 heteroatoms. The molecule has 1 saturated heterocycles. The van der Waals surface area contributed by atoms with E-state index in [1.165, 1.54) is 0 Å². The van der Waals surface area contributed by atoms with E-state index in [-0.39, 0.29) is 11.8 Å². The second-order valence-electron chi connectivity index (χ2n) is 6.23. The Bertz CT molecular complexity index is 806. The highest BCUT2D eigenvalue weighted by molar-refractivity contribution is 5.90. The normalized spacial score (nSPS) is 15.7. The van der Waals surface area contributed by atoms with Gasteiger partial charge in [0.15, 0.2) is 5.75 Å². The standard InChI is InChI=1S/C16H21N5O3/c1-9-8-13(24-12-4-6-20(7-5-12)10(2)17)16(21(22)23)15-14(9)18-11(3)19-15/h8,12,17H,4-7H2,1-3H3,(H,18,19). The number of aryl methyl sites for hydroxylation is 2. The average molecular weight is 331 g/mol. The summed E-state index contributed by atoms with van der Waals surface area (Å²) in [6.07, 6.45) is 1.40. The molecular formula is C16H21N5O3.